The molecule has 0 aromatic heterocycles. The van der Waals surface area contributed by atoms with Crippen LogP contribution in [0.3, 0.4) is 0 Å². The third-order valence-electron chi connectivity index (χ3n) is 3.15. The van der Waals surface area contributed by atoms with Crippen molar-refractivity contribution in [2.45, 2.75) is 19.9 Å². The van der Waals surface area contributed by atoms with Gasteiger partial charge < -0.3 is 15.4 Å². The van der Waals surface area contributed by atoms with Gasteiger partial charge in [-0.1, -0.05) is 24.3 Å². The molecule has 0 saturated heterocycles. The van der Waals surface area contributed by atoms with E-state index in [1.165, 1.54) is 12.1 Å². The maximum absolute atomic E-state index is 12.9. The summed E-state index contributed by atoms with van der Waals surface area (Å²) in [6, 6.07) is 13.9. The van der Waals surface area contributed by atoms with Gasteiger partial charge in [-0.05, 0) is 55.9 Å². The van der Waals surface area contributed by atoms with Crippen molar-refractivity contribution in [3.8, 4) is 5.75 Å². The van der Waals surface area contributed by atoms with E-state index < -0.39 is 0 Å². The Bertz CT molecular complexity index is 631. The van der Waals surface area contributed by atoms with Gasteiger partial charge in [-0.3, -0.25) is 0 Å². The first-order valence-corrected chi connectivity index (χ1v) is 7.55. The zero-order chi connectivity index (χ0) is 15.9. The molecule has 0 radical (unpaired) electrons. The van der Waals surface area contributed by atoms with E-state index in [2.05, 4.69) is 10.6 Å². The highest BCUT2D eigenvalue weighted by molar-refractivity contribution is 7.80. The van der Waals surface area contributed by atoms with Gasteiger partial charge in [0.15, 0.2) is 5.11 Å². The molecule has 0 aliphatic carbocycles. The van der Waals surface area contributed by atoms with Gasteiger partial charge in [0.1, 0.15) is 11.6 Å². The van der Waals surface area contributed by atoms with Crippen LogP contribution in [-0.2, 0) is 0 Å². The highest BCUT2D eigenvalue weighted by atomic mass is 32.1. The van der Waals surface area contributed by atoms with Crippen molar-refractivity contribution in [1.82, 2.24) is 5.32 Å². The number of halogens is 1. The number of hydrogen-bond donors (Lipinski definition) is 2. The van der Waals surface area contributed by atoms with Crippen LogP contribution in [0.4, 0.5) is 10.1 Å². The summed E-state index contributed by atoms with van der Waals surface area (Å²) in [5.74, 6) is 0.505. The standard InChI is InChI=1S/C17H19FN2OS/c1-3-21-16-7-5-4-6-15(16)20-17(22)19-12(2)13-8-10-14(18)11-9-13/h4-12H,3H2,1-2H3,(H2,19,20,22)/t12-/m1/s1. The molecule has 0 spiro atoms. The molecule has 2 aromatic carbocycles. The number of thiocarbonyl (C=S) groups is 1. The molecule has 0 heterocycles. The monoisotopic (exact) mass is 318 g/mol. The van der Waals surface area contributed by atoms with E-state index in [0.29, 0.717) is 11.7 Å². The zero-order valence-corrected chi connectivity index (χ0v) is 13.4. The molecule has 0 unspecified atom stereocenters. The van der Waals surface area contributed by atoms with Crippen molar-refractivity contribution in [2.75, 3.05) is 11.9 Å². The summed E-state index contributed by atoms with van der Waals surface area (Å²) in [4.78, 5) is 0. The first-order valence-electron chi connectivity index (χ1n) is 7.15. The lowest BCUT2D eigenvalue weighted by Crippen LogP contribution is -2.31. The van der Waals surface area contributed by atoms with Crippen LogP contribution in [0.1, 0.15) is 25.5 Å². The second-order valence-electron chi connectivity index (χ2n) is 4.80. The van der Waals surface area contributed by atoms with Gasteiger partial charge in [-0.2, -0.15) is 0 Å². The third kappa shape index (κ3) is 4.43. The SMILES string of the molecule is CCOc1ccccc1NC(=S)N[C@H](C)c1ccc(F)cc1. The largest absolute Gasteiger partial charge is 0.492 e. The van der Waals surface area contributed by atoms with Gasteiger partial charge in [0.2, 0.25) is 0 Å². The van der Waals surface area contributed by atoms with Crippen molar-refractivity contribution < 1.29 is 9.13 Å². The van der Waals surface area contributed by atoms with Gasteiger partial charge in [0, 0.05) is 0 Å². The molecule has 0 aliphatic heterocycles. The minimum atomic E-state index is -0.248. The lowest BCUT2D eigenvalue weighted by Gasteiger charge is -2.18. The molecule has 2 rings (SSSR count). The number of benzene rings is 2. The lowest BCUT2D eigenvalue weighted by atomic mass is 10.1. The van der Waals surface area contributed by atoms with Gasteiger partial charge in [0.25, 0.3) is 0 Å². The fourth-order valence-electron chi connectivity index (χ4n) is 2.04. The van der Waals surface area contributed by atoms with E-state index in [4.69, 9.17) is 17.0 Å². The van der Waals surface area contributed by atoms with Crippen molar-refractivity contribution in [1.29, 1.82) is 0 Å². The maximum Gasteiger partial charge on any atom is 0.171 e. The second-order valence-corrected chi connectivity index (χ2v) is 5.21. The van der Waals surface area contributed by atoms with E-state index in [1.54, 1.807) is 12.1 Å². The van der Waals surface area contributed by atoms with Crippen molar-refractivity contribution in [3.05, 3.63) is 59.9 Å². The van der Waals surface area contributed by atoms with E-state index in [-0.39, 0.29) is 11.9 Å². The Morgan fingerprint density at radius 3 is 2.55 bits per heavy atom. The molecule has 0 saturated carbocycles. The summed E-state index contributed by atoms with van der Waals surface area (Å²) in [6.45, 7) is 4.49. The number of para-hydroxylation sites is 2. The van der Waals surface area contributed by atoms with Gasteiger partial charge in [-0.15, -0.1) is 0 Å². The Labute approximate surface area is 135 Å². The predicted molar refractivity (Wildman–Crippen MR) is 91.8 cm³/mol. The zero-order valence-electron chi connectivity index (χ0n) is 12.6. The Morgan fingerprint density at radius 1 is 1.18 bits per heavy atom. The number of rotatable bonds is 5. The van der Waals surface area contributed by atoms with Crippen LogP contribution in [0.5, 0.6) is 5.75 Å². The molecule has 3 nitrogen and oxygen atoms in total. The van der Waals surface area contributed by atoms with Crippen LogP contribution in [0, 0.1) is 5.82 Å². The molecule has 0 bridgehead atoms. The quantitative estimate of drug-likeness (QED) is 0.807. The molecule has 5 heteroatoms. The van der Waals surface area contributed by atoms with Crippen LogP contribution in [0.25, 0.3) is 0 Å². The first-order chi connectivity index (χ1) is 10.6. The summed E-state index contributed by atoms with van der Waals surface area (Å²) < 4.78 is 18.5. The second kappa shape index (κ2) is 7.75. The molecule has 2 N–H and O–H groups in total. The summed E-state index contributed by atoms with van der Waals surface area (Å²) in [6.07, 6.45) is 0. The average Bonchev–Trinajstić information content (AvgIpc) is 2.50. The summed E-state index contributed by atoms with van der Waals surface area (Å²) in [5.41, 5.74) is 1.77. The summed E-state index contributed by atoms with van der Waals surface area (Å²) >= 11 is 5.33. The summed E-state index contributed by atoms with van der Waals surface area (Å²) in [5, 5.41) is 6.79. The fourth-order valence-corrected chi connectivity index (χ4v) is 2.33. The first kappa shape index (κ1) is 16.2. The molecule has 0 fully saturated rings. The highest BCUT2D eigenvalue weighted by Crippen LogP contribution is 2.23. The Hall–Kier alpha value is -2.14. The van der Waals surface area contributed by atoms with E-state index in [0.717, 1.165) is 17.0 Å². The molecule has 22 heavy (non-hydrogen) atoms. The van der Waals surface area contributed by atoms with Gasteiger partial charge >= 0.3 is 0 Å². The minimum Gasteiger partial charge on any atom is -0.492 e. The predicted octanol–water partition coefficient (Wildman–Crippen LogP) is 4.27. The van der Waals surface area contributed by atoms with E-state index in [1.807, 2.05) is 38.1 Å². The molecular weight excluding hydrogens is 299 g/mol. The van der Waals surface area contributed by atoms with Crippen LogP contribution in [0.2, 0.25) is 0 Å². The van der Waals surface area contributed by atoms with E-state index >= 15 is 0 Å². The molecule has 0 amide bonds. The number of ether oxygens (including phenoxy) is 1. The third-order valence-corrected chi connectivity index (χ3v) is 3.37. The fraction of sp³-hybridized carbons (Fsp3) is 0.235. The van der Waals surface area contributed by atoms with Gasteiger partial charge in [-0.25, -0.2) is 4.39 Å². The lowest BCUT2D eigenvalue weighted by molar-refractivity contribution is 0.342. The molecule has 1 atom stereocenters. The Morgan fingerprint density at radius 2 is 1.86 bits per heavy atom. The van der Waals surface area contributed by atoms with E-state index in [9.17, 15) is 4.39 Å². The van der Waals surface area contributed by atoms with Crippen LogP contribution in [-0.4, -0.2) is 11.7 Å². The highest BCUT2D eigenvalue weighted by Gasteiger charge is 2.09. The van der Waals surface area contributed by atoms with Crippen LogP contribution < -0.4 is 15.4 Å². The Balaban J connectivity index is 1.99. The van der Waals surface area contributed by atoms with Crippen LogP contribution >= 0.6 is 12.2 Å². The molecule has 116 valence electrons. The van der Waals surface area contributed by atoms with Gasteiger partial charge in [0.05, 0.1) is 18.3 Å². The van der Waals surface area contributed by atoms with Crippen molar-refractivity contribution in [3.63, 3.8) is 0 Å². The topological polar surface area (TPSA) is 33.3 Å². The summed E-state index contributed by atoms with van der Waals surface area (Å²) in [7, 11) is 0. The molecular formula is C17H19FN2OS. The number of hydrogen-bond acceptors (Lipinski definition) is 2. The van der Waals surface area contributed by atoms with Crippen molar-refractivity contribution >= 4 is 23.0 Å². The van der Waals surface area contributed by atoms with Crippen LogP contribution in [0.15, 0.2) is 48.5 Å². The molecule has 0 aliphatic rings. The maximum atomic E-state index is 12.9. The molecule has 2 aromatic rings. The smallest absolute Gasteiger partial charge is 0.171 e. The normalized spacial score (nSPS) is 11.6. The number of anilines is 1. The minimum absolute atomic E-state index is 0.0279. The Kier molecular flexibility index (Phi) is 5.72. The van der Waals surface area contributed by atoms with Crippen molar-refractivity contribution in [2.24, 2.45) is 0 Å². The number of nitrogens with one attached hydrogen (secondary N) is 2. The average molecular weight is 318 g/mol.